The summed E-state index contributed by atoms with van der Waals surface area (Å²) in [4.78, 5) is 24.1. The highest BCUT2D eigenvalue weighted by Gasteiger charge is 2.20. The second kappa shape index (κ2) is 8.14. The van der Waals surface area contributed by atoms with Crippen LogP contribution in [0, 0.1) is 0 Å². The summed E-state index contributed by atoms with van der Waals surface area (Å²) >= 11 is 0.396. The average molecular weight is 345 g/mol. The van der Waals surface area contributed by atoms with Crippen LogP contribution in [0.3, 0.4) is 0 Å². The highest BCUT2D eigenvalue weighted by atomic mass is 32.2. The summed E-state index contributed by atoms with van der Waals surface area (Å²) < 4.78 is 24.7. The zero-order chi connectivity index (χ0) is 17.6. The molecule has 5 nitrogen and oxygen atoms in total. The van der Waals surface area contributed by atoms with E-state index in [9.17, 15) is 18.4 Å². The van der Waals surface area contributed by atoms with Crippen molar-refractivity contribution >= 4 is 29.4 Å². The normalized spacial score (nSPS) is 12.7. The first-order chi connectivity index (χ1) is 10.6. The van der Waals surface area contributed by atoms with Crippen LogP contribution in [0.4, 0.5) is 19.3 Å². The maximum Gasteiger partial charge on any atom is 0.319 e. The largest absolute Gasteiger partial charge is 0.350 e. The van der Waals surface area contributed by atoms with E-state index in [0.717, 1.165) is 0 Å². The van der Waals surface area contributed by atoms with E-state index >= 15 is 0 Å². The predicted octanol–water partition coefficient (Wildman–Crippen LogP) is 3.43. The molecule has 0 heterocycles. The Morgan fingerprint density at radius 3 is 2.43 bits per heavy atom. The molecule has 0 saturated carbocycles. The van der Waals surface area contributed by atoms with Crippen molar-refractivity contribution in [2.45, 2.75) is 49.9 Å². The maximum atomic E-state index is 12.3. The number of carbonyl (C=O) groups excluding carboxylic acids is 2. The summed E-state index contributed by atoms with van der Waals surface area (Å²) in [6.45, 7) is 7.07. The smallest absolute Gasteiger partial charge is 0.319 e. The van der Waals surface area contributed by atoms with Crippen molar-refractivity contribution in [1.29, 1.82) is 0 Å². The summed E-state index contributed by atoms with van der Waals surface area (Å²) in [5.41, 5.74) is -0.0267. The molecule has 1 aromatic carbocycles. The molecule has 3 amide bonds. The highest BCUT2D eigenvalue weighted by molar-refractivity contribution is 7.99. The molecule has 8 heteroatoms. The van der Waals surface area contributed by atoms with Crippen LogP contribution in [0.15, 0.2) is 29.2 Å². The molecular formula is C15H21F2N3O2S. The molecule has 0 radical (unpaired) electrons. The Hall–Kier alpha value is -1.83. The van der Waals surface area contributed by atoms with E-state index in [-0.39, 0.29) is 5.91 Å². The van der Waals surface area contributed by atoms with E-state index in [1.165, 1.54) is 12.1 Å². The van der Waals surface area contributed by atoms with Gasteiger partial charge in [-0.15, -0.1) is 0 Å². The first-order valence-electron chi connectivity index (χ1n) is 7.01. The molecule has 1 aromatic rings. The zero-order valence-electron chi connectivity index (χ0n) is 13.4. The molecule has 0 aliphatic heterocycles. The molecule has 3 N–H and O–H groups in total. The van der Waals surface area contributed by atoms with Gasteiger partial charge >= 0.3 is 6.03 Å². The quantitative estimate of drug-likeness (QED) is 0.716. The topological polar surface area (TPSA) is 70.2 Å². The molecule has 0 aliphatic rings. The zero-order valence-corrected chi connectivity index (χ0v) is 14.3. The minimum atomic E-state index is -2.53. The van der Waals surface area contributed by atoms with Crippen LogP contribution in [0.5, 0.6) is 0 Å². The van der Waals surface area contributed by atoms with E-state index in [1.54, 1.807) is 19.1 Å². The molecule has 0 aliphatic carbocycles. The Labute approximate surface area is 138 Å². The lowest BCUT2D eigenvalue weighted by molar-refractivity contribution is -0.123. The monoisotopic (exact) mass is 345 g/mol. The number of benzene rings is 1. The molecule has 0 fully saturated rings. The van der Waals surface area contributed by atoms with Gasteiger partial charge in [0.2, 0.25) is 5.91 Å². The fourth-order valence-electron chi connectivity index (χ4n) is 1.66. The minimum Gasteiger partial charge on any atom is -0.350 e. The third kappa shape index (κ3) is 7.83. The van der Waals surface area contributed by atoms with Crippen molar-refractivity contribution in [1.82, 2.24) is 10.6 Å². The summed E-state index contributed by atoms with van der Waals surface area (Å²) in [7, 11) is 0. The van der Waals surface area contributed by atoms with Gasteiger partial charge in [-0.1, -0.05) is 17.8 Å². The van der Waals surface area contributed by atoms with Gasteiger partial charge in [0.1, 0.15) is 6.04 Å². The second-order valence-electron chi connectivity index (χ2n) is 5.97. The van der Waals surface area contributed by atoms with Crippen LogP contribution in [-0.4, -0.2) is 29.3 Å². The average Bonchev–Trinajstić information content (AvgIpc) is 2.35. The number of anilines is 1. The van der Waals surface area contributed by atoms with Crippen LogP contribution >= 0.6 is 11.8 Å². The standard InChI is InChI=1S/C15H21F2N3O2S/c1-9(12(21)20-15(2,3)4)18-14(22)19-10-6-5-7-11(8-10)23-13(16)17/h5-9,13H,1-4H3,(H,20,21)(H2,18,19,22)/t9-/m1/s1. The number of hydrogen-bond donors (Lipinski definition) is 3. The molecule has 0 unspecified atom stereocenters. The Kier molecular flexibility index (Phi) is 6.80. The Balaban J connectivity index is 2.58. The van der Waals surface area contributed by atoms with E-state index < -0.39 is 23.4 Å². The van der Waals surface area contributed by atoms with Crippen LogP contribution in [-0.2, 0) is 4.79 Å². The van der Waals surface area contributed by atoms with Crippen molar-refractivity contribution in [3.05, 3.63) is 24.3 Å². The Morgan fingerprint density at radius 2 is 1.87 bits per heavy atom. The van der Waals surface area contributed by atoms with Gasteiger partial charge in [-0.05, 0) is 45.9 Å². The van der Waals surface area contributed by atoms with E-state index in [4.69, 9.17) is 0 Å². The van der Waals surface area contributed by atoms with Gasteiger partial charge in [0.25, 0.3) is 5.76 Å². The maximum absolute atomic E-state index is 12.3. The molecular weight excluding hydrogens is 324 g/mol. The minimum absolute atomic E-state index is 0.311. The number of rotatable bonds is 5. The van der Waals surface area contributed by atoms with Crippen LogP contribution in [0.25, 0.3) is 0 Å². The van der Waals surface area contributed by atoms with Crippen molar-refractivity contribution in [2.75, 3.05) is 5.32 Å². The van der Waals surface area contributed by atoms with Crippen LogP contribution < -0.4 is 16.0 Å². The molecule has 0 saturated heterocycles. The summed E-state index contributed by atoms with van der Waals surface area (Å²) in [5.74, 6) is -2.84. The molecule has 23 heavy (non-hydrogen) atoms. The first kappa shape index (κ1) is 19.2. The number of carbonyl (C=O) groups is 2. The number of halogens is 2. The number of amides is 3. The van der Waals surface area contributed by atoms with E-state index in [2.05, 4.69) is 16.0 Å². The van der Waals surface area contributed by atoms with Gasteiger partial charge in [0.15, 0.2) is 0 Å². The van der Waals surface area contributed by atoms with E-state index in [1.807, 2.05) is 20.8 Å². The van der Waals surface area contributed by atoms with Gasteiger partial charge < -0.3 is 16.0 Å². The number of nitrogens with one attached hydrogen (secondary N) is 3. The molecule has 128 valence electrons. The van der Waals surface area contributed by atoms with Gasteiger partial charge in [-0.3, -0.25) is 4.79 Å². The van der Waals surface area contributed by atoms with Crippen molar-refractivity contribution < 1.29 is 18.4 Å². The fourth-order valence-corrected chi connectivity index (χ4v) is 2.22. The second-order valence-corrected chi connectivity index (χ2v) is 7.03. The number of urea groups is 1. The summed E-state index contributed by atoms with van der Waals surface area (Å²) in [5, 5.41) is 7.76. The fraction of sp³-hybridized carbons (Fsp3) is 0.467. The number of thioether (sulfide) groups is 1. The van der Waals surface area contributed by atoms with Gasteiger partial charge in [-0.2, -0.15) is 8.78 Å². The lowest BCUT2D eigenvalue weighted by Crippen LogP contribution is -2.51. The molecule has 0 aromatic heterocycles. The van der Waals surface area contributed by atoms with Crippen LogP contribution in [0.1, 0.15) is 27.7 Å². The lowest BCUT2D eigenvalue weighted by Gasteiger charge is -2.23. The molecule has 1 rings (SSSR count). The van der Waals surface area contributed by atoms with Gasteiger partial charge in [-0.25, -0.2) is 4.79 Å². The van der Waals surface area contributed by atoms with Crippen molar-refractivity contribution in [3.63, 3.8) is 0 Å². The Morgan fingerprint density at radius 1 is 1.22 bits per heavy atom. The Bertz CT molecular complexity index is 562. The first-order valence-corrected chi connectivity index (χ1v) is 7.89. The van der Waals surface area contributed by atoms with Crippen LogP contribution in [0.2, 0.25) is 0 Å². The van der Waals surface area contributed by atoms with Gasteiger partial charge in [0.05, 0.1) is 0 Å². The molecule has 0 bridgehead atoms. The third-order valence-corrected chi connectivity index (χ3v) is 3.26. The lowest BCUT2D eigenvalue weighted by atomic mass is 10.1. The molecule has 1 atom stereocenters. The third-order valence-electron chi connectivity index (χ3n) is 2.56. The van der Waals surface area contributed by atoms with Crippen molar-refractivity contribution in [2.24, 2.45) is 0 Å². The summed E-state index contributed by atoms with van der Waals surface area (Å²) in [6, 6.07) is 4.80. The SMILES string of the molecule is C[C@@H](NC(=O)Nc1cccc(SC(F)F)c1)C(=O)NC(C)(C)C. The van der Waals surface area contributed by atoms with Gasteiger partial charge in [0, 0.05) is 16.1 Å². The number of alkyl halides is 2. The summed E-state index contributed by atoms with van der Waals surface area (Å²) in [6.07, 6.45) is 0. The molecule has 0 spiro atoms. The number of hydrogen-bond acceptors (Lipinski definition) is 3. The highest BCUT2D eigenvalue weighted by Crippen LogP contribution is 2.27. The van der Waals surface area contributed by atoms with E-state index in [0.29, 0.717) is 22.3 Å². The predicted molar refractivity (Wildman–Crippen MR) is 87.8 cm³/mol. The van der Waals surface area contributed by atoms with Crippen molar-refractivity contribution in [3.8, 4) is 0 Å².